The van der Waals surface area contributed by atoms with Crippen LogP contribution in [0, 0.1) is 0 Å². The van der Waals surface area contributed by atoms with Gasteiger partial charge in [-0.25, -0.2) is 0 Å². The van der Waals surface area contributed by atoms with Crippen molar-refractivity contribution in [1.29, 1.82) is 0 Å². The highest BCUT2D eigenvalue weighted by atomic mass is 32.2. The molecule has 2 aromatic carbocycles. The Morgan fingerprint density at radius 1 is 0.939 bits per heavy atom. The number of hydrogen-bond acceptors (Lipinski definition) is 4. The third kappa shape index (κ3) is 11.1. The highest BCUT2D eigenvalue weighted by molar-refractivity contribution is 7.99. The van der Waals surface area contributed by atoms with E-state index >= 15 is 0 Å². The number of nitrogen functional groups attached to an aromatic ring is 1. The van der Waals surface area contributed by atoms with Gasteiger partial charge in [-0.1, -0.05) is 81.8 Å². The zero-order valence-corrected chi connectivity index (χ0v) is 20.7. The van der Waals surface area contributed by atoms with Crippen molar-refractivity contribution in [3.63, 3.8) is 0 Å². The average molecular weight is 476 g/mol. The third-order valence-electron chi connectivity index (χ3n) is 5.79. The van der Waals surface area contributed by atoms with E-state index < -0.39 is 12.1 Å². The molecular weight excluding hydrogens is 434 g/mol. The van der Waals surface area contributed by atoms with Crippen LogP contribution in [0.5, 0.6) is 0 Å². The predicted molar refractivity (Wildman–Crippen MR) is 139 cm³/mol. The fourth-order valence-corrected chi connectivity index (χ4v) is 5.09. The van der Waals surface area contributed by atoms with Crippen molar-refractivity contribution >= 4 is 23.4 Å². The largest absolute Gasteiger partial charge is 0.481 e. The van der Waals surface area contributed by atoms with Crippen LogP contribution in [0.25, 0.3) is 0 Å². The molecule has 5 nitrogen and oxygen atoms in total. The molecule has 0 heterocycles. The zero-order valence-electron chi connectivity index (χ0n) is 19.8. The van der Waals surface area contributed by atoms with Gasteiger partial charge in [0, 0.05) is 17.0 Å². The number of carboxylic acids is 1. The zero-order chi connectivity index (χ0) is 23.2. The SMILES string of the molecule is CCCCCCCCCc1ccc(C(Sc2ccccc2N)C(O)CCCC(=O)O)cc1.O. The normalized spacial score (nSPS) is 12.7. The van der Waals surface area contributed by atoms with E-state index in [1.807, 2.05) is 24.3 Å². The van der Waals surface area contributed by atoms with Crippen molar-refractivity contribution in [2.24, 2.45) is 0 Å². The Labute approximate surface area is 203 Å². The van der Waals surface area contributed by atoms with E-state index in [9.17, 15) is 9.90 Å². The number of nitrogens with two attached hydrogens (primary N) is 1. The van der Waals surface area contributed by atoms with Crippen molar-refractivity contribution in [2.45, 2.75) is 93.8 Å². The molecule has 0 saturated heterocycles. The van der Waals surface area contributed by atoms with E-state index in [0.717, 1.165) is 16.9 Å². The Morgan fingerprint density at radius 2 is 1.58 bits per heavy atom. The van der Waals surface area contributed by atoms with Gasteiger partial charge < -0.3 is 21.4 Å². The van der Waals surface area contributed by atoms with Gasteiger partial charge in [0.2, 0.25) is 0 Å². The quantitative estimate of drug-likeness (QED) is 0.152. The fraction of sp³-hybridized carbons (Fsp3) is 0.519. The van der Waals surface area contributed by atoms with Crippen LogP contribution < -0.4 is 5.73 Å². The summed E-state index contributed by atoms with van der Waals surface area (Å²) >= 11 is 1.55. The number of rotatable bonds is 16. The lowest BCUT2D eigenvalue weighted by Gasteiger charge is -2.24. The number of unbranched alkanes of at least 4 members (excludes halogenated alkanes) is 6. The summed E-state index contributed by atoms with van der Waals surface area (Å²) in [7, 11) is 0. The van der Waals surface area contributed by atoms with Gasteiger partial charge in [-0.3, -0.25) is 4.79 Å². The number of benzene rings is 2. The first kappa shape index (κ1) is 29.0. The number of aliphatic hydroxyl groups excluding tert-OH is 1. The van der Waals surface area contributed by atoms with Crippen LogP contribution in [0.2, 0.25) is 0 Å². The molecule has 2 unspecified atom stereocenters. The molecule has 6 N–H and O–H groups in total. The summed E-state index contributed by atoms with van der Waals surface area (Å²) in [6.45, 7) is 2.25. The standard InChI is InChI=1S/C27H39NO3S.H2O/c1-2-3-4-5-6-7-8-12-21-17-19-22(20-18-21)27(24(29)14-11-16-26(30)31)32-25-15-10-9-13-23(25)28;/h9-10,13,15,17-20,24,27,29H,2-8,11-12,14,16,28H2,1H3,(H,30,31);1H2. The minimum absolute atomic E-state index is 0. The Kier molecular flexibility index (Phi) is 14.6. The molecule has 0 aliphatic carbocycles. The van der Waals surface area contributed by atoms with Crippen LogP contribution in [0.3, 0.4) is 0 Å². The number of anilines is 1. The summed E-state index contributed by atoms with van der Waals surface area (Å²) in [5, 5.41) is 19.6. The maximum absolute atomic E-state index is 10.9. The second-order valence-electron chi connectivity index (χ2n) is 8.54. The van der Waals surface area contributed by atoms with Crippen LogP contribution >= 0.6 is 11.8 Å². The maximum Gasteiger partial charge on any atom is 0.303 e. The lowest BCUT2D eigenvalue weighted by atomic mass is 9.99. The topological polar surface area (TPSA) is 115 Å². The summed E-state index contributed by atoms with van der Waals surface area (Å²) in [4.78, 5) is 11.8. The third-order valence-corrected chi connectivity index (χ3v) is 7.26. The molecule has 6 heteroatoms. The molecule has 0 bridgehead atoms. The van der Waals surface area contributed by atoms with Gasteiger partial charge in [0.15, 0.2) is 0 Å². The van der Waals surface area contributed by atoms with Gasteiger partial charge in [-0.2, -0.15) is 0 Å². The van der Waals surface area contributed by atoms with E-state index in [0.29, 0.717) is 18.5 Å². The van der Waals surface area contributed by atoms with E-state index in [-0.39, 0.29) is 17.1 Å². The van der Waals surface area contributed by atoms with Gasteiger partial charge in [0.05, 0.1) is 11.4 Å². The molecule has 0 saturated carbocycles. The van der Waals surface area contributed by atoms with Gasteiger partial charge in [-0.15, -0.1) is 11.8 Å². The molecule has 0 spiro atoms. The Bertz CT molecular complexity index is 797. The van der Waals surface area contributed by atoms with Gasteiger partial charge in [0.25, 0.3) is 0 Å². The fourth-order valence-electron chi connectivity index (χ4n) is 3.87. The molecule has 0 amide bonds. The van der Waals surface area contributed by atoms with Crippen LogP contribution in [-0.4, -0.2) is 27.8 Å². The number of aliphatic carboxylic acids is 1. The summed E-state index contributed by atoms with van der Waals surface area (Å²) < 4.78 is 0. The molecule has 0 aromatic heterocycles. The Morgan fingerprint density at radius 3 is 2.21 bits per heavy atom. The van der Waals surface area contributed by atoms with Crippen molar-refractivity contribution in [3.05, 3.63) is 59.7 Å². The number of hydrogen-bond donors (Lipinski definition) is 3. The van der Waals surface area contributed by atoms with Crippen LogP contribution in [0.4, 0.5) is 5.69 Å². The van der Waals surface area contributed by atoms with Crippen LogP contribution in [-0.2, 0) is 11.2 Å². The summed E-state index contributed by atoms with van der Waals surface area (Å²) in [5.41, 5.74) is 9.20. The molecule has 2 rings (SSSR count). The number of thioether (sulfide) groups is 1. The number of carbonyl (C=O) groups is 1. The number of aliphatic hydroxyl groups is 1. The lowest BCUT2D eigenvalue weighted by molar-refractivity contribution is -0.137. The summed E-state index contributed by atoms with van der Waals surface area (Å²) in [6.07, 6.45) is 10.5. The first-order valence-corrected chi connectivity index (χ1v) is 12.9. The highest BCUT2D eigenvalue weighted by Crippen LogP contribution is 2.41. The minimum atomic E-state index is -0.830. The minimum Gasteiger partial charge on any atom is -0.481 e. The van der Waals surface area contributed by atoms with Crippen LogP contribution in [0.15, 0.2) is 53.4 Å². The predicted octanol–water partition coefficient (Wildman–Crippen LogP) is 6.19. The molecule has 2 aromatic rings. The average Bonchev–Trinajstić information content (AvgIpc) is 2.78. The monoisotopic (exact) mass is 475 g/mol. The van der Waals surface area contributed by atoms with Crippen molar-refractivity contribution < 1.29 is 20.5 Å². The number of para-hydroxylation sites is 1. The molecule has 184 valence electrons. The number of aryl methyl sites for hydroxylation is 1. The van der Waals surface area contributed by atoms with Crippen molar-refractivity contribution in [3.8, 4) is 0 Å². The van der Waals surface area contributed by atoms with Crippen molar-refractivity contribution in [2.75, 3.05) is 5.73 Å². The molecular formula is C27H41NO4S. The van der Waals surface area contributed by atoms with Crippen LogP contribution in [0.1, 0.15) is 87.5 Å². The Balaban J connectivity index is 0.00000544. The van der Waals surface area contributed by atoms with Gasteiger partial charge in [-0.05, 0) is 48.9 Å². The molecule has 2 atom stereocenters. The van der Waals surface area contributed by atoms with E-state index in [1.165, 1.54) is 50.5 Å². The summed E-state index contributed by atoms with van der Waals surface area (Å²) in [6, 6.07) is 16.2. The molecule has 33 heavy (non-hydrogen) atoms. The second kappa shape index (κ2) is 16.6. The van der Waals surface area contributed by atoms with E-state index in [2.05, 4.69) is 31.2 Å². The second-order valence-corrected chi connectivity index (χ2v) is 9.73. The smallest absolute Gasteiger partial charge is 0.303 e. The highest BCUT2D eigenvalue weighted by Gasteiger charge is 2.23. The molecule has 0 aliphatic rings. The lowest BCUT2D eigenvalue weighted by Crippen LogP contribution is -2.17. The van der Waals surface area contributed by atoms with E-state index in [1.54, 1.807) is 11.8 Å². The van der Waals surface area contributed by atoms with E-state index in [4.69, 9.17) is 10.8 Å². The number of carboxylic acid groups (broad SMARTS) is 1. The first-order chi connectivity index (χ1) is 15.5. The molecule has 0 fully saturated rings. The molecule has 0 radical (unpaired) electrons. The Hall–Kier alpha value is -2.02. The summed E-state index contributed by atoms with van der Waals surface area (Å²) in [5.74, 6) is -0.830. The molecule has 0 aliphatic heterocycles. The van der Waals surface area contributed by atoms with Crippen molar-refractivity contribution in [1.82, 2.24) is 0 Å². The first-order valence-electron chi connectivity index (χ1n) is 12.0. The maximum atomic E-state index is 10.9. The van der Waals surface area contributed by atoms with Gasteiger partial charge >= 0.3 is 5.97 Å². The van der Waals surface area contributed by atoms with Gasteiger partial charge in [0.1, 0.15) is 0 Å².